The van der Waals surface area contributed by atoms with Crippen LogP contribution in [0.15, 0.2) is 81.5 Å². The molecule has 1 aliphatic heterocycles. The molecule has 3 N–H and O–H groups in total. The van der Waals surface area contributed by atoms with Crippen molar-refractivity contribution in [3.8, 4) is 17.2 Å². The lowest BCUT2D eigenvalue weighted by molar-refractivity contribution is -0.139. The van der Waals surface area contributed by atoms with Gasteiger partial charge in [-0.05, 0) is 71.8 Å². The highest BCUT2D eigenvalue weighted by molar-refractivity contribution is 9.10. The Morgan fingerprint density at radius 2 is 1.86 bits per heavy atom. The van der Waals surface area contributed by atoms with Crippen LogP contribution in [-0.4, -0.2) is 43.5 Å². The molecule has 0 unspecified atom stereocenters. The maximum absolute atomic E-state index is 12.7. The molecular weight excluding hydrogens is 672 g/mol. The molecule has 1 amide bonds. The highest BCUT2D eigenvalue weighted by Gasteiger charge is 2.32. The highest BCUT2D eigenvalue weighted by atomic mass is 79.9. The molecule has 230 valence electrons. The van der Waals surface area contributed by atoms with Crippen LogP contribution in [0, 0.1) is 0 Å². The number of amides is 1. The van der Waals surface area contributed by atoms with Gasteiger partial charge in [-0.25, -0.2) is 10.2 Å². The van der Waals surface area contributed by atoms with Crippen molar-refractivity contribution in [2.45, 2.75) is 26.5 Å². The average Bonchev–Trinajstić information content (AvgIpc) is 3.00. The summed E-state index contributed by atoms with van der Waals surface area (Å²) in [6.45, 7) is 3.62. The number of hydrogen-bond donors (Lipinski definition) is 3. The summed E-state index contributed by atoms with van der Waals surface area (Å²) < 4.78 is 23.2. The topological polar surface area (TPSA) is 120 Å². The highest BCUT2D eigenvalue weighted by Crippen LogP contribution is 2.37. The fourth-order valence-corrected chi connectivity index (χ4v) is 5.37. The number of carbonyl (C=O) groups excluding carboxylic acids is 2. The van der Waals surface area contributed by atoms with E-state index in [1.807, 2.05) is 18.2 Å². The second-order valence-corrected chi connectivity index (χ2v) is 11.0. The molecule has 0 spiro atoms. The first-order valence-electron chi connectivity index (χ1n) is 13.4. The molecular formula is C31H30BrClN4O6S. The predicted molar refractivity (Wildman–Crippen MR) is 175 cm³/mol. The van der Waals surface area contributed by atoms with Gasteiger partial charge in [0, 0.05) is 21.8 Å². The zero-order valence-corrected chi connectivity index (χ0v) is 27.3. The van der Waals surface area contributed by atoms with Crippen molar-refractivity contribution in [1.82, 2.24) is 16.1 Å². The molecule has 4 rings (SSSR count). The molecule has 0 saturated heterocycles. The normalized spacial score (nSPS) is 14.5. The third-order valence-electron chi connectivity index (χ3n) is 6.34. The largest absolute Gasteiger partial charge is 0.493 e. The number of carbonyl (C=O) groups is 2. The number of hydrazone groups is 1. The number of esters is 1. The summed E-state index contributed by atoms with van der Waals surface area (Å²) in [5.74, 6) is 0.387. The van der Waals surface area contributed by atoms with Gasteiger partial charge >= 0.3 is 5.97 Å². The molecule has 10 nitrogen and oxygen atoms in total. The summed E-state index contributed by atoms with van der Waals surface area (Å²) >= 11 is 15.1. The maximum atomic E-state index is 12.7. The van der Waals surface area contributed by atoms with E-state index in [2.05, 4.69) is 37.1 Å². The second kappa shape index (κ2) is 15.6. The zero-order chi connectivity index (χ0) is 31.6. The fourth-order valence-electron chi connectivity index (χ4n) is 4.33. The Morgan fingerprint density at radius 1 is 1.11 bits per heavy atom. The fraction of sp³-hybridized carbons (Fsp3) is 0.226. The summed E-state index contributed by atoms with van der Waals surface area (Å²) in [6, 6.07) is 17.3. The lowest BCUT2D eigenvalue weighted by Crippen LogP contribution is -2.45. The first-order chi connectivity index (χ1) is 21.2. The van der Waals surface area contributed by atoms with Gasteiger partial charge in [-0.1, -0.05) is 48.0 Å². The number of rotatable bonds is 12. The number of allylic oxidation sites excluding steroid dienone is 1. The molecule has 3 aromatic carbocycles. The Balaban J connectivity index is 1.40. The summed E-state index contributed by atoms with van der Waals surface area (Å²) in [4.78, 5) is 25.4. The van der Waals surface area contributed by atoms with E-state index in [4.69, 9.17) is 42.8 Å². The van der Waals surface area contributed by atoms with Crippen molar-refractivity contribution in [3.05, 3.63) is 98.1 Å². The molecule has 1 atom stereocenters. The van der Waals surface area contributed by atoms with Gasteiger partial charge < -0.3 is 29.6 Å². The molecule has 0 saturated carbocycles. The first kappa shape index (κ1) is 32.8. The number of benzene rings is 3. The number of methoxy groups -OCH3 is 1. The van der Waals surface area contributed by atoms with Crippen molar-refractivity contribution in [2.24, 2.45) is 5.10 Å². The van der Waals surface area contributed by atoms with Crippen molar-refractivity contribution in [3.63, 3.8) is 0 Å². The molecule has 44 heavy (non-hydrogen) atoms. The molecule has 1 heterocycles. The predicted octanol–water partition coefficient (Wildman–Crippen LogP) is 5.58. The van der Waals surface area contributed by atoms with E-state index in [0.29, 0.717) is 54.3 Å². The summed E-state index contributed by atoms with van der Waals surface area (Å²) in [7, 11) is 1.53. The Bertz CT molecular complexity index is 1620. The van der Waals surface area contributed by atoms with Gasteiger partial charge in [0.05, 0.1) is 36.0 Å². The van der Waals surface area contributed by atoms with E-state index >= 15 is 0 Å². The van der Waals surface area contributed by atoms with E-state index in [1.165, 1.54) is 13.3 Å². The Kier molecular flexibility index (Phi) is 11.6. The maximum Gasteiger partial charge on any atom is 0.338 e. The van der Waals surface area contributed by atoms with Crippen LogP contribution in [0.25, 0.3) is 0 Å². The van der Waals surface area contributed by atoms with Crippen molar-refractivity contribution in [2.75, 3.05) is 20.3 Å². The molecule has 13 heteroatoms. The third-order valence-corrected chi connectivity index (χ3v) is 7.52. The van der Waals surface area contributed by atoms with Crippen LogP contribution in [0.5, 0.6) is 17.2 Å². The molecule has 3 aromatic rings. The van der Waals surface area contributed by atoms with E-state index < -0.39 is 17.9 Å². The van der Waals surface area contributed by atoms with Gasteiger partial charge in [-0.15, -0.1) is 0 Å². The van der Waals surface area contributed by atoms with Crippen molar-refractivity contribution in [1.29, 1.82) is 0 Å². The van der Waals surface area contributed by atoms with Gasteiger partial charge in [0.1, 0.15) is 12.4 Å². The molecule has 0 radical (unpaired) electrons. The minimum absolute atomic E-state index is 0.219. The molecule has 1 aliphatic rings. The number of thiocarbonyl (C=S) groups is 1. The van der Waals surface area contributed by atoms with Gasteiger partial charge in [0.15, 0.2) is 23.2 Å². The monoisotopic (exact) mass is 700 g/mol. The van der Waals surface area contributed by atoms with Crippen LogP contribution in [0.2, 0.25) is 5.02 Å². The van der Waals surface area contributed by atoms with Crippen LogP contribution >= 0.6 is 39.7 Å². The number of halogens is 2. The second-order valence-electron chi connectivity index (χ2n) is 9.32. The zero-order valence-electron chi connectivity index (χ0n) is 24.1. The molecule has 0 fully saturated rings. The first-order valence-corrected chi connectivity index (χ1v) is 15.0. The van der Waals surface area contributed by atoms with Crippen LogP contribution in [0.4, 0.5) is 0 Å². The number of nitrogens with one attached hydrogen (secondary N) is 3. The Hall–Kier alpha value is -4.13. The van der Waals surface area contributed by atoms with Crippen molar-refractivity contribution < 1.29 is 28.5 Å². The quantitative estimate of drug-likeness (QED) is 0.0964. The van der Waals surface area contributed by atoms with Crippen LogP contribution in [-0.2, 0) is 20.9 Å². The van der Waals surface area contributed by atoms with Crippen molar-refractivity contribution >= 4 is 63.0 Å². The number of hydrogen-bond acceptors (Lipinski definition) is 8. The van der Waals surface area contributed by atoms with Gasteiger partial charge in [0.2, 0.25) is 0 Å². The molecule has 0 aliphatic carbocycles. The average molecular weight is 702 g/mol. The molecule has 0 aromatic heterocycles. The van der Waals surface area contributed by atoms with E-state index in [-0.39, 0.29) is 19.8 Å². The van der Waals surface area contributed by atoms with Gasteiger partial charge in [0.25, 0.3) is 5.91 Å². The summed E-state index contributed by atoms with van der Waals surface area (Å²) in [5.41, 5.74) is 5.49. The number of para-hydroxylation sites is 1. The lowest BCUT2D eigenvalue weighted by Gasteiger charge is -2.30. The van der Waals surface area contributed by atoms with Crippen LogP contribution < -0.4 is 30.3 Å². The lowest BCUT2D eigenvalue weighted by atomic mass is 9.95. The van der Waals surface area contributed by atoms with E-state index in [0.717, 1.165) is 5.56 Å². The standard InChI is InChI=1S/C31H30BrClN4O6S/c1-4-41-30(39)27-18(2)35-31(44)36-28(27)21-10-6-8-12-24(21)42-17-26(38)37-34-15-19-13-22(32)29(25(14-19)40-3)43-16-20-9-5-7-11-23(20)33/h5-15,28H,4,16-17H2,1-3H3,(H,37,38)(H2,35,36,44)/t28-/m0/s1. The summed E-state index contributed by atoms with van der Waals surface area (Å²) in [5, 5.41) is 11.1. The third kappa shape index (κ3) is 8.28. The van der Waals surface area contributed by atoms with Gasteiger partial charge in [-0.2, -0.15) is 5.10 Å². The minimum Gasteiger partial charge on any atom is -0.493 e. The van der Waals surface area contributed by atoms with Crippen LogP contribution in [0.3, 0.4) is 0 Å². The summed E-state index contributed by atoms with van der Waals surface area (Å²) in [6.07, 6.45) is 1.47. The van der Waals surface area contributed by atoms with Gasteiger partial charge in [-0.3, -0.25) is 4.79 Å². The number of nitrogens with zero attached hydrogens (tertiary/aromatic N) is 1. The Morgan fingerprint density at radius 3 is 2.61 bits per heavy atom. The molecule has 0 bridgehead atoms. The van der Waals surface area contributed by atoms with E-state index in [9.17, 15) is 9.59 Å². The minimum atomic E-state index is -0.634. The van der Waals surface area contributed by atoms with Crippen LogP contribution in [0.1, 0.15) is 36.6 Å². The smallest absolute Gasteiger partial charge is 0.338 e. The Labute approximate surface area is 273 Å². The number of ether oxygens (including phenoxy) is 4. The van der Waals surface area contributed by atoms with E-state index in [1.54, 1.807) is 56.3 Å². The SMILES string of the molecule is CCOC(=O)C1=C(C)NC(=S)N[C@H]1c1ccccc1OCC(=O)NN=Cc1cc(Br)c(OCc2ccccc2Cl)c(OC)c1.